The lowest BCUT2D eigenvalue weighted by molar-refractivity contribution is -0.146. The number of carbonyl (C=O) groups excluding carboxylic acids is 2. The van der Waals surface area contributed by atoms with E-state index >= 15 is 0 Å². The van der Waals surface area contributed by atoms with E-state index in [9.17, 15) is 18.0 Å². The molecule has 0 aliphatic rings. The zero-order valence-electron chi connectivity index (χ0n) is 21.6. The lowest BCUT2D eigenvalue weighted by Gasteiger charge is -2.22. The van der Waals surface area contributed by atoms with Crippen molar-refractivity contribution in [2.24, 2.45) is 0 Å². The van der Waals surface area contributed by atoms with Crippen LogP contribution >= 0.6 is 15.9 Å². The minimum Gasteiger partial charge on any atom is -0.462 e. The van der Waals surface area contributed by atoms with Crippen LogP contribution in [0.1, 0.15) is 21.5 Å². The summed E-state index contributed by atoms with van der Waals surface area (Å²) in [5.74, 6) is -1.04. The van der Waals surface area contributed by atoms with Crippen molar-refractivity contribution in [2.75, 3.05) is 6.61 Å². The summed E-state index contributed by atoms with van der Waals surface area (Å²) < 4.78 is 35.1. The summed E-state index contributed by atoms with van der Waals surface area (Å²) in [6.07, 6.45) is 0.506. The maximum absolute atomic E-state index is 13.4. The standard InChI is InChI=1S/C31H29BrN2O5S/c32-26-17-10-18-28(21-26)40(37,38)34-29(20-24-13-6-2-7-14-24)31(36)39-22-27(19-23-11-4-1-5-12-23)33-30(35)25-15-8-3-9-16-25/h1-18,21,27,29,34H,19-20,22H2,(H,33,35)/t27-,29+/m1/s1. The highest BCUT2D eigenvalue weighted by atomic mass is 79.9. The van der Waals surface area contributed by atoms with Crippen LogP contribution in [0.25, 0.3) is 0 Å². The minimum atomic E-state index is -4.04. The van der Waals surface area contributed by atoms with Gasteiger partial charge in [0, 0.05) is 10.0 Å². The van der Waals surface area contributed by atoms with Crippen molar-refractivity contribution in [1.29, 1.82) is 0 Å². The molecular formula is C31H29BrN2O5S. The van der Waals surface area contributed by atoms with Gasteiger partial charge in [0.1, 0.15) is 12.6 Å². The van der Waals surface area contributed by atoms with Crippen LogP contribution in [0.4, 0.5) is 0 Å². The molecule has 0 heterocycles. The van der Waals surface area contributed by atoms with Crippen molar-refractivity contribution in [1.82, 2.24) is 10.0 Å². The number of ether oxygens (including phenoxy) is 1. The molecule has 0 radical (unpaired) electrons. The number of esters is 1. The molecule has 206 valence electrons. The summed E-state index contributed by atoms with van der Waals surface area (Å²) in [7, 11) is -4.04. The molecule has 2 N–H and O–H groups in total. The van der Waals surface area contributed by atoms with Gasteiger partial charge in [-0.3, -0.25) is 9.59 Å². The maximum atomic E-state index is 13.4. The quantitative estimate of drug-likeness (QED) is 0.219. The van der Waals surface area contributed by atoms with E-state index in [4.69, 9.17) is 4.74 Å². The number of amides is 1. The second kappa shape index (κ2) is 14.0. The first-order valence-electron chi connectivity index (χ1n) is 12.7. The van der Waals surface area contributed by atoms with E-state index in [0.717, 1.165) is 11.1 Å². The Morgan fingerprint density at radius 1 is 0.750 bits per heavy atom. The fraction of sp³-hybridized carbons (Fsp3) is 0.161. The third-order valence-electron chi connectivity index (χ3n) is 6.09. The van der Waals surface area contributed by atoms with Gasteiger partial charge < -0.3 is 10.1 Å². The van der Waals surface area contributed by atoms with Gasteiger partial charge in [-0.25, -0.2) is 8.42 Å². The number of halogens is 1. The molecule has 1 amide bonds. The molecule has 0 spiro atoms. The molecule has 9 heteroatoms. The third-order valence-corrected chi connectivity index (χ3v) is 8.06. The van der Waals surface area contributed by atoms with Crippen molar-refractivity contribution >= 4 is 37.8 Å². The van der Waals surface area contributed by atoms with Crippen LogP contribution in [-0.2, 0) is 32.4 Å². The van der Waals surface area contributed by atoms with Crippen molar-refractivity contribution < 1.29 is 22.7 Å². The highest BCUT2D eigenvalue weighted by Crippen LogP contribution is 2.17. The van der Waals surface area contributed by atoms with Crippen LogP contribution in [0.3, 0.4) is 0 Å². The average Bonchev–Trinajstić information content (AvgIpc) is 2.97. The Bertz CT molecular complexity index is 1520. The van der Waals surface area contributed by atoms with Crippen LogP contribution in [-0.4, -0.2) is 39.0 Å². The van der Waals surface area contributed by atoms with Gasteiger partial charge in [0.15, 0.2) is 0 Å². The molecule has 0 fully saturated rings. The van der Waals surface area contributed by atoms with E-state index in [1.54, 1.807) is 36.4 Å². The molecular weight excluding hydrogens is 592 g/mol. The number of sulfonamides is 1. The first kappa shape index (κ1) is 29.2. The van der Waals surface area contributed by atoms with Gasteiger partial charge >= 0.3 is 5.97 Å². The monoisotopic (exact) mass is 620 g/mol. The number of nitrogens with one attached hydrogen (secondary N) is 2. The van der Waals surface area contributed by atoms with E-state index in [-0.39, 0.29) is 23.8 Å². The normalized spacial score (nSPS) is 12.7. The highest BCUT2D eigenvalue weighted by Gasteiger charge is 2.28. The van der Waals surface area contributed by atoms with Crippen molar-refractivity contribution in [3.8, 4) is 0 Å². The fourth-order valence-electron chi connectivity index (χ4n) is 4.10. The van der Waals surface area contributed by atoms with Crippen molar-refractivity contribution in [3.05, 3.63) is 136 Å². The molecule has 0 saturated heterocycles. The first-order valence-corrected chi connectivity index (χ1v) is 15.0. The predicted molar refractivity (Wildman–Crippen MR) is 157 cm³/mol. The number of rotatable bonds is 12. The largest absolute Gasteiger partial charge is 0.462 e. The van der Waals surface area contributed by atoms with Gasteiger partial charge in [-0.05, 0) is 54.3 Å². The summed E-state index contributed by atoms with van der Waals surface area (Å²) >= 11 is 3.29. The van der Waals surface area contributed by atoms with Gasteiger partial charge in [0.05, 0.1) is 10.9 Å². The van der Waals surface area contributed by atoms with Gasteiger partial charge in [-0.15, -0.1) is 0 Å². The SMILES string of the molecule is O=C(N[C@@H](COC(=O)[C@H](Cc1ccccc1)NS(=O)(=O)c1cccc(Br)c1)Cc1ccccc1)c1ccccc1. The average molecular weight is 622 g/mol. The van der Waals surface area contributed by atoms with Gasteiger partial charge in [-0.2, -0.15) is 4.72 Å². The van der Waals surface area contributed by atoms with Gasteiger partial charge in [-0.1, -0.05) is 101 Å². The molecule has 7 nitrogen and oxygen atoms in total. The molecule has 0 unspecified atom stereocenters. The zero-order chi connectivity index (χ0) is 28.4. The molecule has 0 aliphatic carbocycles. The molecule has 40 heavy (non-hydrogen) atoms. The predicted octanol–water partition coefficient (Wildman–Crippen LogP) is 4.92. The van der Waals surface area contributed by atoms with Gasteiger partial charge in [0.25, 0.3) is 5.91 Å². The zero-order valence-corrected chi connectivity index (χ0v) is 24.0. The van der Waals surface area contributed by atoms with Gasteiger partial charge in [0.2, 0.25) is 10.0 Å². The van der Waals surface area contributed by atoms with E-state index in [1.165, 1.54) is 12.1 Å². The van der Waals surface area contributed by atoms with Crippen molar-refractivity contribution in [2.45, 2.75) is 29.8 Å². The molecule has 0 saturated carbocycles. The summed E-state index contributed by atoms with van der Waals surface area (Å²) in [6, 6.07) is 31.9. The lowest BCUT2D eigenvalue weighted by atomic mass is 10.1. The van der Waals surface area contributed by atoms with Crippen LogP contribution in [0.5, 0.6) is 0 Å². The Kier molecular flexibility index (Phi) is 10.2. The topological polar surface area (TPSA) is 102 Å². The molecule has 2 atom stereocenters. The van der Waals surface area contributed by atoms with E-state index < -0.39 is 28.1 Å². The number of hydrogen-bond donors (Lipinski definition) is 2. The first-order chi connectivity index (χ1) is 19.3. The summed E-state index contributed by atoms with van der Waals surface area (Å²) in [4.78, 5) is 26.3. The number of benzene rings is 4. The molecule has 4 aromatic rings. The maximum Gasteiger partial charge on any atom is 0.324 e. The third kappa shape index (κ3) is 8.61. The summed E-state index contributed by atoms with van der Waals surface area (Å²) in [5.41, 5.74) is 2.20. The Morgan fingerprint density at radius 2 is 1.32 bits per heavy atom. The minimum absolute atomic E-state index is 0.0183. The van der Waals surface area contributed by atoms with E-state index in [2.05, 4.69) is 26.0 Å². The Hall–Kier alpha value is -3.79. The smallest absolute Gasteiger partial charge is 0.324 e. The van der Waals surface area contributed by atoms with Crippen LogP contribution in [0, 0.1) is 0 Å². The van der Waals surface area contributed by atoms with Crippen LogP contribution in [0.2, 0.25) is 0 Å². The van der Waals surface area contributed by atoms with E-state index in [1.807, 2.05) is 66.7 Å². The fourth-order valence-corrected chi connectivity index (χ4v) is 5.89. The van der Waals surface area contributed by atoms with Crippen LogP contribution in [0.15, 0.2) is 125 Å². The Labute approximate surface area is 242 Å². The summed E-state index contributed by atoms with van der Waals surface area (Å²) in [6.45, 7) is -0.143. The second-order valence-electron chi connectivity index (χ2n) is 9.18. The summed E-state index contributed by atoms with van der Waals surface area (Å²) in [5, 5.41) is 2.95. The molecule has 0 aliphatic heterocycles. The van der Waals surface area contributed by atoms with E-state index in [0.29, 0.717) is 16.5 Å². The highest BCUT2D eigenvalue weighted by molar-refractivity contribution is 9.10. The Morgan fingerprint density at radius 3 is 1.93 bits per heavy atom. The van der Waals surface area contributed by atoms with Crippen molar-refractivity contribution in [3.63, 3.8) is 0 Å². The lowest BCUT2D eigenvalue weighted by Crippen LogP contribution is -2.46. The second-order valence-corrected chi connectivity index (χ2v) is 11.8. The molecule has 4 aromatic carbocycles. The molecule has 0 aromatic heterocycles. The number of hydrogen-bond acceptors (Lipinski definition) is 5. The Balaban J connectivity index is 1.52. The van der Waals surface area contributed by atoms with Crippen LogP contribution < -0.4 is 10.0 Å². The molecule has 4 rings (SSSR count). The number of carbonyl (C=O) groups is 2. The molecule has 0 bridgehead atoms.